The van der Waals surface area contributed by atoms with Crippen molar-refractivity contribution in [1.29, 1.82) is 0 Å². The highest BCUT2D eigenvalue weighted by Gasteiger charge is 2.09. The van der Waals surface area contributed by atoms with Crippen LogP contribution in [0.1, 0.15) is 17.0 Å². The molecule has 0 fully saturated rings. The van der Waals surface area contributed by atoms with E-state index in [-0.39, 0.29) is 24.0 Å². The Morgan fingerprint density at radius 3 is 2.37 bits per heavy atom. The monoisotopic (exact) mass is 381 g/mol. The summed E-state index contributed by atoms with van der Waals surface area (Å²) in [4.78, 5) is 3.50. The second-order valence-corrected chi connectivity index (χ2v) is 5.62. The first-order valence-electron chi connectivity index (χ1n) is 6.35. The molecule has 0 aliphatic heterocycles. The lowest BCUT2D eigenvalue weighted by molar-refractivity contribution is -0.350. The maximum Gasteiger partial charge on any atom is 0.236 e. The highest BCUT2D eigenvalue weighted by molar-refractivity contribution is 7.18. The molecule has 1 aromatic heterocycles. The zero-order chi connectivity index (χ0) is 12.2. The number of rotatable bonds is 4. The van der Waals surface area contributed by atoms with Gasteiger partial charge in [0.2, 0.25) is 10.5 Å². The van der Waals surface area contributed by atoms with E-state index < -0.39 is 0 Å². The lowest BCUT2D eigenvalue weighted by Crippen LogP contribution is -3.00. The van der Waals surface area contributed by atoms with E-state index in [0.717, 1.165) is 12.8 Å². The van der Waals surface area contributed by atoms with Crippen LogP contribution < -0.4 is 29.0 Å². The Hall–Kier alpha value is -0.940. The topological polar surface area (TPSA) is 14.1 Å². The van der Waals surface area contributed by atoms with Crippen molar-refractivity contribution >= 4 is 21.6 Å². The zero-order valence-corrected chi connectivity index (χ0v) is 13.6. The number of aryl methyl sites for hydroxylation is 2. The molecule has 0 atom stereocenters. The van der Waals surface area contributed by atoms with Crippen LogP contribution in [0.25, 0.3) is 10.2 Å². The molecule has 1 N–H and O–H groups in total. The molecular formula is C16H16INS. The van der Waals surface area contributed by atoms with E-state index >= 15 is 0 Å². The molecule has 0 saturated carbocycles. The smallest absolute Gasteiger partial charge is 0.236 e. The van der Waals surface area contributed by atoms with Gasteiger partial charge in [0.25, 0.3) is 0 Å². The minimum atomic E-state index is 0. The third-order valence-corrected chi connectivity index (χ3v) is 4.23. The van der Waals surface area contributed by atoms with E-state index in [1.54, 1.807) is 0 Å². The van der Waals surface area contributed by atoms with Crippen molar-refractivity contribution in [3.63, 3.8) is 0 Å². The third kappa shape index (κ3) is 3.76. The van der Waals surface area contributed by atoms with E-state index in [2.05, 4.69) is 59.6 Å². The molecule has 0 saturated heterocycles. The summed E-state index contributed by atoms with van der Waals surface area (Å²) in [6.07, 6.45) is 3.49. The molecule has 3 heteroatoms. The van der Waals surface area contributed by atoms with Crippen LogP contribution in [0.2, 0.25) is 0 Å². The molecular weight excluding hydrogens is 365 g/mol. The second kappa shape index (κ2) is 7.01. The van der Waals surface area contributed by atoms with Crippen molar-refractivity contribution in [2.24, 2.45) is 0 Å². The largest absolute Gasteiger partial charge is 1.00 e. The molecule has 0 aliphatic rings. The molecule has 3 aromatic rings. The van der Waals surface area contributed by atoms with E-state index in [4.69, 9.17) is 0 Å². The summed E-state index contributed by atoms with van der Waals surface area (Å²) >= 11 is 1.88. The van der Waals surface area contributed by atoms with E-state index in [1.165, 1.54) is 27.2 Å². The first-order valence-corrected chi connectivity index (χ1v) is 7.17. The molecule has 0 bridgehead atoms. The second-order valence-electron chi connectivity index (χ2n) is 4.49. The van der Waals surface area contributed by atoms with Gasteiger partial charge >= 0.3 is 0 Å². The van der Waals surface area contributed by atoms with Crippen LogP contribution in [-0.2, 0) is 12.8 Å². The molecule has 0 radical (unpaired) electrons. The Balaban J connectivity index is 0.00000133. The molecule has 19 heavy (non-hydrogen) atoms. The normalized spacial score (nSPS) is 10.3. The quantitative estimate of drug-likeness (QED) is 0.597. The Labute approximate surface area is 134 Å². The van der Waals surface area contributed by atoms with Gasteiger partial charge in [-0.25, -0.2) is 0 Å². The predicted molar refractivity (Wildman–Crippen MR) is 76.8 cm³/mol. The number of benzene rings is 2. The number of nitrogens with one attached hydrogen (secondary N) is 1. The van der Waals surface area contributed by atoms with Crippen LogP contribution in [0.3, 0.4) is 0 Å². The third-order valence-electron chi connectivity index (χ3n) is 3.11. The van der Waals surface area contributed by atoms with Gasteiger partial charge in [0.1, 0.15) is 4.70 Å². The van der Waals surface area contributed by atoms with Crippen LogP contribution in [0.4, 0.5) is 0 Å². The summed E-state index contributed by atoms with van der Waals surface area (Å²) in [5, 5.41) is 1.38. The van der Waals surface area contributed by atoms with Gasteiger partial charge in [0.05, 0.1) is 0 Å². The van der Waals surface area contributed by atoms with Gasteiger partial charge < -0.3 is 24.0 Å². The molecule has 0 amide bonds. The number of aromatic nitrogens is 1. The van der Waals surface area contributed by atoms with Crippen molar-refractivity contribution < 1.29 is 29.0 Å². The predicted octanol–water partition coefficient (Wildman–Crippen LogP) is 0.895. The van der Waals surface area contributed by atoms with Crippen LogP contribution in [0.15, 0.2) is 54.6 Å². The van der Waals surface area contributed by atoms with Gasteiger partial charge in [-0.3, -0.25) is 0 Å². The van der Waals surface area contributed by atoms with Crippen molar-refractivity contribution in [2.45, 2.75) is 19.3 Å². The molecule has 0 aliphatic carbocycles. The maximum atomic E-state index is 3.50. The number of H-pyrrole nitrogens is 1. The average Bonchev–Trinajstić information content (AvgIpc) is 2.82. The number of halogens is 1. The minimum absolute atomic E-state index is 0. The zero-order valence-electron chi connectivity index (χ0n) is 10.6. The van der Waals surface area contributed by atoms with Gasteiger partial charge in [-0.2, -0.15) is 4.98 Å². The van der Waals surface area contributed by atoms with E-state index in [1.807, 2.05) is 11.3 Å². The van der Waals surface area contributed by atoms with Crippen molar-refractivity contribution in [3.8, 4) is 0 Å². The average molecular weight is 381 g/mol. The van der Waals surface area contributed by atoms with Gasteiger partial charge in [-0.15, -0.1) is 0 Å². The van der Waals surface area contributed by atoms with Gasteiger partial charge in [0, 0.05) is 12.5 Å². The number of thiazole rings is 1. The number of hydrogen-bond acceptors (Lipinski definition) is 1. The summed E-state index contributed by atoms with van der Waals surface area (Å²) in [5.74, 6) is 0. The Bertz CT molecular complexity index is 600. The summed E-state index contributed by atoms with van der Waals surface area (Å²) in [5.41, 5.74) is 2.69. The van der Waals surface area contributed by atoms with Gasteiger partial charge in [-0.05, 0) is 24.5 Å². The van der Waals surface area contributed by atoms with E-state index in [0.29, 0.717) is 0 Å². The fourth-order valence-corrected chi connectivity index (χ4v) is 3.23. The Morgan fingerprint density at radius 2 is 1.58 bits per heavy atom. The molecule has 0 unspecified atom stereocenters. The van der Waals surface area contributed by atoms with Crippen molar-refractivity contribution in [1.82, 2.24) is 0 Å². The SMILES string of the molecule is [I-].c1ccc(CCCc2[nH+]c3ccccc3s2)cc1. The Morgan fingerprint density at radius 1 is 0.842 bits per heavy atom. The van der Waals surface area contributed by atoms with Crippen LogP contribution in [0.5, 0.6) is 0 Å². The minimum Gasteiger partial charge on any atom is -1.00 e. The first kappa shape index (κ1) is 14.5. The lowest BCUT2D eigenvalue weighted by atomic mass is 10.1. The molecule has 0 spiro atoms. The van der Waals surface area contributed by atoms with Crippen LogP contribution in [0, 0.1) is 0 Å². The number of para-hydroxylation sites is 1. The molecule has 3 rings (SSSR count). The number of fused-ring (bicyclic) bond motifs is 1. The van der Waals surface area contributed by atoms with Gasteiger partial charge in [0.15, 0.2) is 0 Å². The summed E-state index contributed by atoms with van der Waals surface area (Å²) in [6.45, 7) is 0. The first-order chi connectivity index (χ1) is 8.92. The lowest BCUT2D eigenvalue weighted by Gasteiger charge is -1.97. The molecule has 1 heterocycles. The molecule has 2 aromatic carbocycles. The fraction of sp³-hybridized carbons (Fsp3) is 0.188. The highest BCUT2D eigenvalue weighted by atomic mass is 127. The Kier molecular flexibility index (Phi) is 5.34. The van der Waals surface area contributed by atoms with E-state index in [9.17, 15) is 0 Å². The van der Waals surface area contributed by atoms with Gasteiger partial charge in [-0.1, -0.05) is 53.8 Å². The van der Waals surface area contributed by atoms with Crippen LogP contribution in [-0.4, -0.2) is 0 Å². The van der Waals surface area contributed by atoms with Crippen LogP contribution >= 0.6 is 11.3 Å². The highest BCUT2D eigenvalue weighted by Crippen LogP contribution is 2.19. The summed E-state index contributed by atoms with van der Waals surface area (Å²) in [6, 6.07) is 19.2. The molecule has 1 nitrogen and oxygen atoms in total. The molecule has 98 valence electrons. The fourth-order valence-electron chi connectivity index (χ4n) is 2.18. The maximum absolute atomic E-state index is 3.50. The number of aromatic amines is 1. The number of hydrogen-bond donors (Lipinski definition) is 0. The van der Waals surface area contributed by atoms with Crippen molar-refractivity contribution in [2.75, 3.05) is 0 Å². The summed E-state index contributed by atoms with van der Waals surface area (Å²) < 4.78 is 1.35. The summed E-state index contributed by atoms with van der Waals surface area (Å²) in [7, 11) is 0. The van der Waals surface area contributed by atoms with Crippen molar-refractivity contribution in [3.05, 3.63) is 65.2 Å². The standard InChI is InChI=1S/C16H15NS.HI/c1-2-7-13(8-3-1)9-6-12-16-17-14-10-4-5-11-15(14)18-16;/h1-5,7-8,10-11H,6,9,12H2;1H.